The summed E-state index contributed by atoms with van der Waals surface area (Å²) >= 11 is 6.04. The lowest BCUT2D eigenvalue weighted by molar-refractivity contribution is 0.270. The number of fused-ring (bicyclic) bond motifs is 1. The molecule has 28 heavy (non-hydrogen) atoms. The molecule has 0 radical (unpaired) electrons. The number of nitrogens with zero attached hydrogens (tertiary/aromatic N) is 5. The van der Waals surface area contributed by atoms with Crippen LogP contribution in [0.5, 0.6) is 0 Å². The van der Waals surface area contributed by atoms with Gasteiger partial charge in [-0.05, 0) is 57.5 Å². The molecule has 7 nitrogen and oxygen atoms in total. The van der Waals surface area contributed by atoms with Crippen LogP contribution in [0, 0.1) is 6.92 Å². The first-order valence-corrected chi connectivity index (χ1v) is 11.5. The van der Waals surface area contributed by atoms with E-state index in [1.165, 1.54) is 4.31 Å². The van der Waals surface area contributed by atoms with Gasteiger partial charge in [-0.1, -0.05) is 11.6 Å². The van der Waals surface area contributed by atoms with Crippen molar-refractivity contribution in [1.82, 2.24) is 24.0 Å². The summed E-state index contributed by atoms with van der Waals surface area (Å²) in [6.45, 7) is 9.54. The maximum Gasteiger partial charge on any atom is 0.243 e. The Morgan fingerprint density at radius 3 is 2.64 bits per heavy atom. The molecule has 1 atom stereocenters. The molecule has 0 spiro atoms. The molecule has 2 aliphatic heterocycles. The zero-order valence-corrected chi connectivity index (χ0v) is 18.0. The van der Waals surface area contributed by atoms with Gasteiger partial charge < -0.3 is 9.47 Å². The van der Waals surface area contributed by atoms with Crippen LogP contribution in [0.4, 0.5) is 0 Å². The lowest BCUT2D eigenvalue weighted by atomic mass is 10.1. The highest BCUT2D eigenvalue weighted by Gasteiger charge is 2.34. The van der Waals surface area contributed by atoms with Crippen LogP contribution in [0.25, 0.3) is 0 Å². The monoisotopic (exact) mass is 423 g/mol. The zero-order valence-electron chi connectivity index (χ0n) is 16.5. The molecular formula is C19H26ClN5O2S. The molecule has 152 valence electrons. The van der Waals surface area contributed by atoms with Gasteiger partial charge in [0.1, 0.15) is 11.6 Å². The third-order valence-corrected chi connectivity index (χ3v) is 8.09. The van der Waals surface area contributed by atoms with Crippen LogP contribution in [-0.2, 0) is 23.1 Å². The molecule has 0 amide bonds. The van der Waals surface area contributed by atoms with Crippen LogP contribution in [0.1, 0.15) is 43.4 Å². The van der Waals surface area contributed by atoms with Crippen molar-refractivity contribution in [3.63, 3.8) is 0 Å². The van der Waals surface area contributed by atoms with Crippen LogP contribution in [-0.4, -0.2) is 58.1 Å². The van der Waals surface area contributed by atoms with Crippen LogP contribution >= 0.6 is 11.6 Å². The summed E-state index contributed by atoms with van der Waals surface area (Å²) in [5.41, 5.74) is 0.751. The van der Waals surface area contributed by atoms with Crippen LogP contribution in [0.3, 0.4) is 0 Å². The summed E-state index contributed by atoms with van der Waals surface area (Å²) in [6, 6.07) is 5.35. The van der Waals surface area contributed by atoms with Gasteiger partial charge in [-0.3, -0.25) is 0 Å². The number of benzene rings is 1. The molecule has 0 aliphatic carbocycles. The van der Waals surface area contributed by atoms with Gasteiger partial charge in [0.05, 0.1) is 11.4 Å². The highest BCUT2D eigenvalue weighted by Crippen LogP contribution is 2.30. The minimum Gasteiger partial charge on any atom is -0.312 e. The van der Waals surface area contributed by atoms with E-state index in [0.717, 1.165) is 36.7 Å². The number of hydrogen-bond donors (Lipinski definition) is 0. The second kappa shape index (κ2) is 7.40. The average Bonchev–Trinajstić information content (AvgIpc) is 3.29. The minimum absolute atomic E-state index is 0.248. The number of aryl methyl sites for hydroxylation is 1. The summed E-state index contributed by atoms with van der Waals surface area (Å²) in [5.74, 6) is 2.08. The van der Waals surface area contributed by atoms with Crippen molar-refractivity contribution in [3.8, 4) is 0 Å². The van der Waals surface area contributed by atoms with Crippen molar-refractivity contribution in [2.75, 3.05) is 19.6 Å². The molecule has 1 unspecified atom stereocenters. The maximum atomic E-state index is 13.1. The van der Waals surface area contributed by atoms with E-state index in [1.807, 2.05) is 6.92 Å². The number of sulfonamides is 1. The highest BCUT2D eigenvalue weighted by molar-refractivity contribution is 7.89. The molecule has 9 heteroatoms. The smallest absolute Gasteiger partial charge is 0.243 e. The normalized spacial score (nSPS) is 21.4. The lowest BCUT2D eigenvalue weighted by Crippen LogP contribution is -2.39. The van der Waals surface area contributed by atoms with Crippen molar-refractivity contribution < 1.29 is 8.42 Å². The number of rotatable bonds is 4. The molecule has 0 bridgehead atoms. The molecule has 2 aliphatic rings. The summed E-state index contributed by atoms with van der Waals surface area (Å²) in [6.07, 6.45) is 1.07. The van der Waals surface area contributed by atoms with Crippen molar-refractivity contribution in [3.05, 3.63) is 40.4 Å². The molecule has 0 saturated carbocycles. The first-order chi connectivity index (χ1) is 13.3. The second-order valence-electron chi connectivity index (χ2n) is 7.95. The first kappa shape index (κ1) is 19.8. The fraction of sp³-hybridized carbons (Fsp3) is 0.579. The molecule has 4 rings (SSSR count). The Hall–Kier alpha value is -1.48. The Morgan fingerprint density at radius 1 is 1.18 bits per heavy atom. The van der Waals surface area contributed by atoms with Crippen molar-refractivity contribution >= 4 is 21.6 Å². The average molecular weight is 424 g/mol. The van der Waals surface area contributed by atoms with Crippen molar-refractivity contribution in [2.24, 2.45) is 0 Å². The molecule has 0 N–H and O–H groups in total. The van der Waals surface area contributed by atoms with E-state index in [2.05, 4.69) is 33.5 Å². The highest BCUT2D eigenvalue weighted by atomic mass is 35.5. The van der Waals surface area contributed by atoms with E-state index >= 15 is 0 Å². The summed E-state index contributed by atoms with van der Waals surface area (Å²) < 4.78 is 29.7. The first-order valence-electron chi connectivity index (χ1n) is 9.69. The number of halogens is 1. The van der Waals surface area contributed by atoms with E-state index in [-0.39, 0.29) is 11.4 Å². The molecule has 1 aromatic carbocycles. The van der Waals surface area contributed by atoms with Crippen molar-refractivity contribution in [2.45, 2.75) is 57.1 Å². The summed E-state index contributed by atoms with van der Waals surface area (Å²) in [4.78, 5) is 2.72. The molecule has 3 heterocycles. The third kappa shape index (κ3) is 3.47. The van der Waals surface area contributed by atoms with Crippen LogP contribution < -0.4 is 0 Å². The topological polar surface area (TPSA) is 71.3 Å². The van der Waals surface area contributed by atoms with Gasteiger partial charge in [-0.2, -0.15) is 4.31 Å². The fourth-order valence-corrected chi connectivity index (χ4v) is 5.65. The molecule has 1 saturated heterocycles. The molecule has 1 aromatic heterocycles. The van der Waals surface area contributed by atoms with E-state index in [4.69, 9.17) is 11.6 Å². The minimum atomic E-state index is -3.59. The summed E-state index contributed by atoms with van der Waals surface area (Å²) in [5, 5.41) is 9.33. The Balaban J connectivity index is 1.55. The standard InChI is InChI=1S/C19H26ClN5O2S/c1-13(2)23-7-6-15(11-23)19-22-21-18-12-24(8-9-25(18)19)28(26,27)16-4-5-17(20)14(3)10-16/h4-5,10,13,15H,6-9,11-12H2,1-3H3. The van der Waals surface area contributed by atoms with Gasteiger partial charge in [0.15, 0.2) is 0 Å². The van der Waals surface area contributed by atoms with Gasteiger partial charge >= 0.3 is 0 Å². The number of likely N-dealkylation sites (tertiary alicyclic amines) is 1. The Bertz CT molecular complexity index is 988. The van der Waals surface area contributed by atoms with Gasteiger partial charge in [-0.15, -0.1) is 10.2 Å². The Morgan fingerprint density at radius 2 is 1.96 bits per heavy atom. The molecule has 1 fully saturated rings. The number of hydrogen-bond acceptors (Lipinski definition) is 5. The SMILES string of the molecule is Cc1cc(S(=O)(=O)N2CCn3c(nnc3C3CCN(C(C)C)C3)C2)ccc1Cl. The van der Waals surface area contributed by atoms with Crippen LogP contribution in [0.2, 0.25) is 5.02 Å². The maximum absolute atomic E-state index is 13.1. The third-order valence-electron chi connectivity index (χ3n) is 5.83. The van der Waals surface area contributed by atoms with E-state index < -0.39 is 10.0 Å². The predicted octanol–water partition coefficient (Wildman–Crippen LogP) is 2.64. The quantitative estimate of drug-likeness (QED) is 0.755. The summed E-state index contributed by atoms with van der Waals surface area (Å²) in [7, 11) is -3.59. The predicted molar refractivity (Wildman–Crippen MR) is 108 cm³/mol. The van der Waals surface area contributed by atoms with E-state index in [9.17, 15) is 8.42 Å². The fourth-order valence-electron chi connectivity index (χ4n) is 4.06. The molecule has 2 aromatic rings. The van der Waals surface area contributed by atoms with E-state index in [0.29, 0.717) is 30.1 Å². The second-order valence-corrected chi connectivity index (χ2v) is 10.3. The van der Waals surface area contributed by atoms with Gasteiger partial charge in [0, 0.05) is 36.6 Å². The molecular weight excluding hydrogens is 398 g/mol. The van der Waals surface area contributed by atoms with Crippen LogP contribution in [0.15, 0.2) is 23.1 Å². The van der Waals surface area contributed by atoms with Gasteiger partial charge in [-0.25, -0.2) is 8.42 Å². The zero-order chi connectivity index (χ0) is 20.1. The number of aromatic nitrogens is 3. The lowest BCUT2D eigenvalue weighted by Gasteiger charge is -2.28. The van der Waals surface area contributed by atoms with Gasteiger partial charge in [0.2, 0.25) is 10.0 Å². The Labute approximate surface area is 171 Å². The van der Waals surface area contributed by atoms with Gasteiger partial charge in [0.25, 0.3) is 0 Å². The largest absolute Gasteiger partial charge is 0.312 e. The van der Waals surface area contributed by atoms with Crippen molar-refractivity contribution in [1.29, 1.82) is 0 Å². The van der Waals surface area contributed by atoms with E-state index in [1.54, 1.807) is 18.2 Å². The Kier molecular flexibility index (Phi) is 5.24.